The standard InChI is InChI=1S/C19H21Cl2N3O2/c1-2-23-7-9-24(10-8-23)15-5-3-14(4-6-15)22-19(26)16-11-13(20)12-17(21)18(16)25/h3-6,11-12,25H,2,7-10H2,1H3,(H,22,26). The summed E-state index contributed by atoms with van der Waals surface area (Å²) in [6.45, 7) is 7.37. The van der Waals surface area contributed by atoms with Crippen LogP contribution in [0.3, 0.4) is 0 Å². The first-order valence-corrected chi connectivity index (χ1v) is 9.30. The zero-order valence-corrected chi connectivity index (χ0v) is 16.0. The largest absolute Gasteiger partial charge is 0.506 e. The van der Waals surface area contributed by atoms with Gasteiger partial charge < -0.3 is 20.2 Å². The van der Waals surface area contributed by atoms with E-state index in [9.17, 15) is 9.90 Å². The second-order valence-corrected chi connectivity index (χ2v) is 7.05. The first-order chi connectivity index (χ1) is 12.5. The van der Waals surface area contributed by atoms with Gasteiger partial charge in [0.25, 0.3) is 5.91 Å². The first kappa shape index (κ1) is 18.8. The van der Waals surface area contributed by atoms with Crippen LogP contribution in [0.1, 0.15) is 17.3 Å². The smallest absolute Gasteiger partial charge is 0.259 e. The third-order valence-electron chi connectivity index (χ3n) is 4.58. The monoisotopic (exact) mass is 393 g/mol. The van der Waals surface area contributed by atoms with E-state index in [2.05, 4.69) is 22.0 Å². The average molecular weight is 394 g/mol. The highest BCUT2D eigenvalue weighted by Crippen LogP contribution is 2.31. The number of rotatable bonds is 4. The molecule has 0 bridgehead atoms. The van der Waals surface area contributed by atoms with Crippen molar-refractivity contribution in [2.24, 2.45) is 0 Å². The number of amides is 1. The molecule has 2 aromatic carbocycles. The van der Waals surface area contributed by atoms with Crippen LogP contribution in [-0.2, 0) is 0 Å². The Labute approximate surface area is 163 Å². The Hall–Kier alpha value is -1.95. The van der Waals surface area contributed by atoms with Crippen LogP contribution < -0.4 is 10.2 Å². The summed E-state index contributed by atoms with van der Waals surface area (Å²) in [6.07, 6.45) is 0. The van der Waals surface area contributed by atoms with Crippen LogP contribution in [0.15, 0.2) is 36.4 Å². The number of phenolic OH excluding ortho intramolecular Hbond substituents is 1. The summed E-state index contributed by atoms with van der Waals surface area (Å²) in [5.41, 5.74) is 1.82. The number of piperazine rings is 1. The lowest BCUT2D eigenvalue weighted by Gasteiger charge is -2.35. The second-order valence-electron chi connectivity index (χ2n) is 6.21. The van der Waals surface area contributed by atoms with Crippen LogP contribution in [0, 0.1) is 0 Å². The van der Waals surface area contributed by atoms with E-state index in [4.69, 9.17) is 23.2 Å². The highest BCUT2D eigenvalue weighted by atomic mass is 35.5. The third kappa shape index (κ3) is 4.23. The van der Waals surface area contributed by atoms with E-state index in [1.807, 2.05) is 24.3 Å². The molecular weight excluding hydrogens is 373 g/mol. The van der Waals surface area contributed by atoms with Crippen molar-refractivity contribution in [3.8, 4) is 5.75 Å². The molecule has 2 N–H and O–H groups in total. The summed E-state index contributed by atoms with van der Waals surface area (Å²) in [4.78, 5) is 17.1. The molecule has 0 spiro atoms. The number of nitrogens with zero attached hydrogens (tertiary/aromatic N) is 2. The van der Waals surface area contributed by atoms with Gasteiger partial charge in [0.05, 0.1) is 10.6 Å². The summed E-state index contributed by atoms with van der Waals surface area (Å²) < 4.78 is 0. The molecule has 0 aliphatic carbocycles. The molecule has 0 aromatic heterocycles. The number of benzene rings is 2. The number of carbonyl (C=O) groups excluding carboxylic acids is 1. The molecule has 1 aliphatic rings. The Kier molecular flexibility index (Phi) is 5.91. The fourth-order valence-corrected chi connectivity index (χ4v) is 3.51. The van der Waals surface area contributed by atoms with E-state index in [1.165, 1.54) is 12.1 Å². The van der Waals surface area contributed by atoms with Crippen molar-refractivity contribution in [1.29, 1.82) is 0 Å². The number of carbonyl (C=O) groups is 1. The van der Waals surface area contributed by atoms with Gasteiger partial charge >= 0.3 is 0 Å². The molecular formula is C19H21Cl2N3O2. The van der Waals surface area contributed by atoms with Crippen molar-refractivity contribution in [3.63, 3.8) is 0 Å². The van der Waals surface area contributed by atoms with Gasteiger partial charge in [-0.05, 0) is 42.9 Å². The van der Waals surface area contributed by atoms with Gasteiger partial charge in [-0.1, -0.05) is 30.1 Å². The van der Waals surface area contributed by atoms with Gasteiger partial charge in [-0.25, -0.2) is 0 Å². The zero-order chi connectivity index (χ0) is 18.7. The van der Waals surface area contributed by atoms with E-state index in [0.717, 1.165) is 38.4 Å². The molecule has 0 radical (unpaired) electrons. The number of hydrogen-bond acceptors (Lipinski definition) is 4. The number of likely N-dealkylation sites (N-methyl/N-ethyl adjacent to an activating group) is 1. The topological polar surface area (TPSA) is 55.8 Å². The van der Waals surface area contributed by atoms with Gasteiger partial charge in [0.1, 0.15) is 5.75 Å². The van der Waals surface area contributed by atoms with Crippen molar-refractivity contribution >= 4 is 40.5 Å². The minimum Gasteiger partial charge on any atom is -0.506 e. The molecule has 0 atom stereocenters. The summed E-state index contributed by atoms with van der Waals surface area (Å²) in [7, 11) is 0. The van der Waals surface area contributed by atoms with E-state index >= 15 is 0 Å². The SMILES string of the molecule is CCN1CCN(c2ccc(NC(=O)c3cc(Cl)cc(Cl)c3O)cc2)CC1. The highest BCUT2D eigenvalue weighted by molar-refractivity contribution is 6.36. The first-order valence-electron chi connectivity index (χ1n) is 8.54. The lowest BCUT2D eigenvalue weighted by molar-refractivity contribution is 0.102. The molecule has 3 rings (SSSR count). The molecule has 1 fully saturated rings. The van der Waals surface area contributed by atoms with E-state index in [0.29, 0.717) is 10.7 Å². The predicted octanol–water partition coefficient (Wildman–Crippen LogP) is 4.09. The molecule has 1 aliphatic heterocycles. The maximum absolute atomic E-state index is 12.4. The Bertz CT molecular complexity index is 788. The Morgan fingerprint density at radius 3 is 2.38 bits per heavy atom. The van der Waals surface area contributed by atoms with Gasteiger partial charge in [0.2, 0.25) is 0 Å². The fraction of sp³-hybridized carbons (Fsp3) is 0.316. The number of halogens is 2. The molecule has 26 heavy (non-hydrogen) atoms. The van der Waals surface area contributed by atoms with Crippen molar-refractivity contribution < 1.29 is 9.90 Å². The van der Waals surface area contributed by atoms with E-state index in [1.54, 1.807) is 0 Å². The van der Waals surface area contributed by atoms with Crippen LogP contribution >= 0.6 is 23.2 Å². The van der Waals surface area contributed by atoms with E-state index in [-0.39, 0.29) is 16.3 Å². The maximum Gasteiger partial charge on any atom is 0.259 e. The normalized spacial score (nSPS) is 15.1. The van der Waals surface area contributed by atoms with Crippen LogP contribution in [-0.4, -0.2) is 48.6 Å². The fourth-order valence-electron chi connectivity index (χ4n) is 3.02. The number of hydrogen-bond donors (Lipinski definition) is 2. The number of anilines is 2. The minimum absolute atomic E-state index is 0.0438. The van der Waals surface area contributed by atoms with Gasteiger partial charge in [0, 0.05) is 42.6 Å². The third-order valence-corrected chi connectivity index (χ3v) is 5.09. The summed E-state index contributed by atoms with van der Waals surface area (Å²) in [6, 6.07) is 10.5. The lowest BCUT2D eigenvalue weighted by Crippen LogP contribution is -2.46. The lowest BCUT2D eigenvalue weighted by atomic mass is 10.1. The number of phenols is 1. The number of nitrogens with one attached hydrogen (secondary N) is 1. The van der Waals surface area contributed by atoms with Crippen LogP contribution in [0.5, 0.6) is 5.75 Å². The Morgan fingerprint density at radius 1 is 1.12 bits per heavy atom. The second kappa shape index (κ2) is 8.16. The van der Waals surface area contributed by atoms with Gasteiger partial charge in [0.15, 0.2) is 0 Å². The van der Waals surface area contributed by atoms with Gasteiger partial charge in [-0.15, -0.1) is 0 Å². The summed E-state index contributed by atoms with van der Waals surface area (Å²) >= 11 is 11.8. The molecule has 1 amide bonds. The van der Waals surface area contributed by atoms with Crippen LogP contribution in [0.2, 0.25) is 10.0 Å². The minimum atomic E-state index is -0.462. The molecule has 5 nitrogen and oxygen atoms in total. The van der Waals surface area contributed by atoms with Crippen molar-refractivity contribution in [2.45, 2.75) is 6.92 Å². The average Bonchev–Trinajstić information content (AvgIpc) is 2.65. The molecule has 1 saturated heterocycles. The number of aromatic hydroxyl groups is 1. The molecule has 2 aromatic rings. The van der Waals surface area contributed by atoms with E-state index < -0.39 is 5.91 Å². The predicted molar refractivity (Wildman–Crippen MR) is 107 cm³/mol. The highest BCUT2D eigenvalue weighted by Gasteiger charge is 2.17. The molecule has 138 valence electrons. The maximum atomic E-state index is 12.4. The van der Waals surface area contributed by atoms with Crippen LogP contribution in [0.4, 0.5) is 11.4 Å². The molecule has 0 unspecified atom stereocenters. The van der Waals surface area contributed by atoms with Crippen molar-refractivity contribution in [2.75, 3.05) is 42.9 Å². The van der Waals surface area contributed by atoms with Gasteiger partial charge in [-0.2, -0.15) is 0 Å². The quantitative estimate of drug-likeness (QED) is 0.820. The van der Waals surface area contributed by atoms with Gasteiger partial charge in [-0.3, -0.25) is 4.79 Å². The summed E-state index contributed by atoms with van der Waals surface area (Å²) in [5.74, 6) is -0.741. The van der Waals surface area contributed by atoms with Crippen LogP contribution in [0.25, 0.3) is 0 Å². The Morgan fingerprint density at radius 2 is 1.77 bits per heavy atom. The van der Waals surface area contributed by atoms with Crippen molar-refractivity contribution in [3.05, 3.63) is 52.0 Å². The summed E-state index contributed by atoms with van der Waals surface area (Å²) in [5, 5.41) is 13.1. The molecule has 7 heteroatoms. The zero-order valence-electron chi connectivity index (χ0n) is 14.5. The Balaban J connectivity index is 1.67. The molecule has 0 saturated carbocycles. The van der Waals surface area contributed by atoms with Crippen molar-refractivity contribution in [1.82, 2.24) is 4.90 Å². The molecule has 1 heterocycles.